The SMILES string of the molecule is C=C(c1cccc(CCNc2ncc(C#N)c(N[C@@H]3CC[C@H](O)C(C)(C)C3)n2)c1)N(C)C.COCCOc1ccc(CCNc2ncc(C#N)c(N[C@@H]3CC[C@H](C)C(C)(C)C3)n2)cc1.Cc1cc(C)n(-c2ccc(CCNc3ncc(C#N)c(N[C@@H]4CC[C@H](O)C(C)(C)C4)n3)cc2)n1. The summed E-state index contributed by atoms with van der Waals surface area (Å²) in [7, 11) is 5.63. The van der Waals surface area contributed by atoms with Crippen LogP contribution in [0.25, 0.3) is 11.4 Å². The second-order valence-electron chi connectivity index (χ2n) is 28.5. The molecule has 98 heavy (non-hydrogen) atoms. The van der Waals surface area contributed by atoms with Gasteiger partial charge in [-0.05, 0) is 172 Å². The van der Waals surface area contributed by atoms with Gasteiger partial charge in [-0.3, -0.25) is 0 Å². The lowest BCUT2D eigenvalue weighted by Gasteiger charge is -2.41. The molecule has 6 atom stereocenters. The number of aliphatic hydroxyl groups is 2. The van der Waals surface area contributed by atoms with Crippen LogP contribution in [0.3, 0.4) is 0 Å². The highest BCUT2D eigenvalue weighted by Crippen LogP contribution is 2.42. The van der Waals surface area contributed by atoms with Crippen LogP contribution in [-0.2, 0) is 24.0 Å². The van der Waals surface area contributed by atoms with Gasteiger partial charge in [-0.25, -0.2) is 19.6 Å². The van der Waals surface area contributed by atoms with Crippen molar-refractivity contribution in [3.63, 3.8) is 0 Å². The van der Waals surface area contributed by atoms with Crippen molar-refractivity contribution in [1.82, 2.24) is 44.6 Å². The number of hydrogen-bond donors (Lipinski definition) is 8. The first kappa shape index (κ1) is 74.4. The second-order valence-corrected chi connectivity index (χ2v) is 28.5. The Labute approximate surface area is 580 Å². The fourth-order valence-corrected chi connectivity index (χ4v) is 12.8. The number of nitrogens with one attached hydrogen (secondary N) is 6. The van der Waals surface area contributed by atoms with E-state index in [1.807, 2.05) is 48.8 Å². The molecule has 0 amide bonds. The van der Waals surface area contributed by atoms with Crippen molar-refractivity contribution < 1.29 is 19.7 Å². The van der Waals surface area contributed by atoms with Gasteiger partial charge in [-0.2, -0.15) is 35.8 Å². The topological polar surface area (TPSA) is 301 Å². The minimum Gasteiger partial charge on any atom is -0.491 e. The summed E-state index contributed by atoms with van der Waals surface area (Å²) < 4.78 is 12.5. The van der Waals surface area contributed by atoms with Gasteiger partial charge in [0, 0.05) is 70.4 Å². The molecule has 520 valence electrons. The van der Waals surface area contributed by atoms with Crippen molar-refractivity contribution in [3.8, 4) is 29.6 Å². The summed E-state index contributed by atoms with van der Waals surface area (Å²) in [5.41, 5.74) is 10.1. The Hall–Kier alpha value is -9.40. The van der Waals surface area contributed by atoms with Crippen LogP contribution in [0.15, 0.2) is 104 Å². The van der Waals surface area contributed by atoms with Crippen LogP contribution in [0.1, 0.15) is 157 Å². The number of nitrogens with zero attached hydrogens (tertiary/aromatic N) is 12. The van der Waals surface area contributed by atoms with Crippen LogP contribution in [0.4, 0.5) is 35.3 Å². The van der Waals surface area contributed by atoms with E-state index in [1.54, 1.807) is 25.7 Å². The molecule has 22 heteroatoms. The maximum absolute atomic E-state index is 10.2. The Bertz CT molecular complexity index is 3870. The Morgan fingerprint density at radius 2 is 1.03 bits per heavy atom. The molecule has 0 bridgehead atoms. The molecule has 4 aromatic heterocycles. The highest BCUT2D eigenvalue weighted by molar-refractivity contribution is 5.62. The molecule has 3 aliphatic rings. The molecule has 7 aromatic rings. The summed E-state index contributed by atoms with van der Waals surface area (Å²) in [6.07, 6.45) is 14.7. The van der Waals surface area contributed by atoms with Crippen molar-refractivity contribution in [2.24, 2.45) is 22.2 Å². The molecule has 3 fully saturated rings. The van der Waals surface area contributed by atoms with Crippen LogP contribution in [0.5, 0.6) is 5.75 Å². The van der Waals surface area contributed by atoms with Crippen LogP contribution >= 0.6 is 0 Å². The minimum atomic E-state index is -0.301. The summed E-state index contributed by atoms with van der Waals surface area (Å²) >= 11 is 0. The van der Waals surface area contributed by atoms with Gasteiger partial charge in [0.25, 0.3) is 0 Å². The number of ether oxygens (including phenoxy) is 2. The molecular weight excluding hydrogens is 1230 g/mol. The molecule has 8 N–H and O–H groups in total. The molecule has 0 radical (unpaired) electrons. The van der Waals surface area contributed by atoms with E-state index in [2.05, 4.69) is 208 Å². The number of aryl methyl sites for hydroxylation is 2. The third-order valence-electron chi connectivity index (χ3n) is 19.3. The van der Waals surface area contributed by atoms with E-state index >= 15 is 0 Å². The van der Waals surface area contributed by atoms with Crippen LogP contribution in [0, 0.1) is 70.0 Å². The second kappa shape index (κ2) is 34.7. The predicted molar refractivity (Wildman–Crippen MR) is 389 cm³/mol. The summed E-state index contributed by atoms with van der Waals surface area (Å²) in [4.78, 5) is 28.7. The molecule has 3 aromatic carbocycles. The number of nitriles is 3. The quantitative estimate of drug-likeness (QED) is 0.0247. The number of hydrogen-bond acceptors (Lipinski definition) is 21. The number of methoxy groups -OCH3 is 1. The Balaban J connectivity index is 0.000000188. The molecular formula is C76H102N18O4. The maximum atomic E-state index is 10.2. The van der Waals surface area contributed by atoms with Crippen molar-refractivity contribution in [3.05, 3.63) is 154 Å². The molecule has 3 saturated carbocycles. The van der Waals surface area contributed by atoms with Crippen LogP contribution < -0.4 is 36.6 Å². The van der Waals surface area contributed by atoms with Gasteiger partial charge in [-0.1, -0.05) is 97.5 Å². The largest absolute Gasteiger partial charge is 0.491 e. The highest BCUT2D eigenvalue weighted by atomic mass is 16.5. The average molecular weight is 1330 g/mol. The van der Waals surface area contributed by atoms with Gasteiger partial charge < -0.3 is 56.5 Å². The Morgan fingerprint density at radius 3 is 1.44 bits per heavy atom. The van der Waals surface area contributed by atoms with Gasteiger partial charge in [0.05, 0.1) is 48.8 Å². The van der Waals surface area contributed by atoms with E-state index < -0.39 is 0 Å². The van der Waals surface area contributed by atoms with Gasteiger partial charge in [0.15, 0.2) is 0 Å². The summed E-state index contributed by atoms with van der Waals surface area (Å²) in [5, 5.41) is 73.6. The minimum absolute atomic E-state index is 0.161. The number of aromatic nitrogens is 8. The van der Waals surface area contributed by atoms with Crippen LogP contribution in [0.2, 0.25) is 0 Å². The third-order valence-corrected chi connectivity index (χ3v) is 19.3. The lowest BCUT2D eigenvalue weighted by molar-refractivity contribution is 0.00924. The van der Waals surface area contributed by atoms with Gasteiger partial charge >= 0.3 is 0 Å². The van der Waals surface area contributed by atoms with E-state index in [0.29, 0.717) is 96.8 Å². The van der Waals surface area contributed by atoms with Gasteiger partial charge in [0.2, 0.25) is 17.8 Å². The molecule has 0 aliphatic heterocycles. The smallest absolute Gasteiger partial charge is 0.224 e. The van der Waals surface area contributed by atoms with Gasteiger partial charge in [-0.15, -0.1) is 0 Å². The van der Waals surface area contributed by atoms with E-state index in [0.717, 1.165) is 105 Å². The van der Waals surface area contributed by atoms with Crippen molar-refractivity contribution in [2.75, 3.05) is 86.0 Å². The molecule has 0 saturated heterocycles. The molecule has 22 nitrogen and oxygen atoms in total. The number of rotatable bonds is 25. The van der Waals surface area contributed by atoms with Crippen molar-refractivity contribution in [2.45, 2.75) is 170 Å². The zero-order chi connectivity index (χ0) is 70.6. The first-order chi connectivity index (χ1) is 46.8. The molecule has 3 aliphatic carbocycles. The van der Waals surface area contributed by atoms with E-state index in [9.17, 15) is 26.0 Å². The average Bonchev–Trinajstić information content (AvgIpc) is 1.18. The molecule has 0 unspecified atom stereocenters. The summed E-state index contributed by atoms with van der Waals surface area (Å²) in [5.74, 6) is 4.78. The lowest BCUT2D eigenvalue weighted by Crippen LogP contribution is -2.41. The zero-order valence-corrected chi connectivity index (χ0v) is 59.5. The van der Waals surface area contributed by atoms with Crippen molar-refractivity contribution in [1.29, 1.82) is 15.8 Å². The third kappa shape index (κ3) is 21.3. The number of anilines is 6. The van der Waals surface area contributed by atoms with E-state index in [4.69, 9.17) is 9.47 Å². The number of benzene rings is 3. The fraction of sp³-hybridized carbons (Fsp3) is 0.500. The standard InChI is InChI=1S/C26H33N7O.C25H34N6O.C25H35N5O2/c1-17-13-18(2)33(32-17)22-8-5-19(6-9-22)11-12-28-25-29-16-20(15-27)24(31-25)30-21-7-10-23(34)26(3,4)14-21;1-17(31(4)5)19-8-6-7-18(13-19)11-12-27-24-28-16-20(15-26)23(30-24)29-21-9-10-22(32)25(2,3)14-21;1-18-5-8-21(15-25(18,2)3)29-23-20(16-26)17-28-24(30-23)27-12-11-19-6-9-22(10-7-19)32-14-13-31-4/h5-6,8-9,13,16,21,23,34H,7,10-12,14H2,1-4H3,(H2,28,29,30,31);6-8,13,16,21-22,32H,1,9-12,14H2,2-5H3,(H2,27,28,29,30);6-7,9-10,17-18,21H,5,8,11-15H2,1-4H3,(H2,27,28,29,30)/t21-,23+;21-,22+;18-,21+/m110/s1. The van der Waals surface area contributed by atoms with Crippen LogP contribution in [-0.4, -0.2) is 139 Å². The predicted octanol–water partition coefficient (Wildman–Crippen LogP) is 12.7. The normalized spacial score (nSPS) is 19.6. The Kier molecular flexibility index (Phi) is 26.3. The van der Waals surface area contributed by atoms with Crippen molar-refractivity contribution >= 4 is 41.0 Å². The monoisotopic (exact) mass is 1330 g/mol. The lowest BCUT2D eigenvalue weighted by atomic mass is 9.68. The highest BCUT2D eigenvalue weighted by Gasteiger charge is 2.38. The van der Waals surface area contributed by atoms with E-state index in [1.165, 1.54) is 23.1 Å². The first-order valence-electron chi connectivity index (χ1n) is 34.3. The molecule has 10 rings (SSSR count). The number of aliphatic hydroxyl groups excluding tert-OH is 2. The Morgan fingerprint density at radius 1 is 0.592 bits per heavy atom. The molecule has 0 spiro atoms. The van der Waals surface area contributed by atoms with E-state index in [-0.39, 0.29) is 40.5 Å². The fourth-order valence-electron chi connectivity index (χ4n) is 12.8. The molecule has 4 heterocycles. The van der Waals surface area contributed by atoms with Gasteiger partial charge in [0.1, 0.15) is 64.7 Å². The summed E-state index contributed by atoms with van der Waals surface area (Å²) in [6.45, 7) is 26.6. The summed E-state index contributed by atoms with van der Waals surface area (Å²) in [6, 6.07) is 34.1. The zero-order valence-electron chi connectivity index (χ0n) is 59.5. The first-order valence-corrected chi connectivity index (χ1v) is 34.3. The maximum Gasteiger partial charge on any atom is 0.224 e.